The van der Waals surface area contributed by atoms with Gasteiger partial charge in [-0.1, -0.05) is 23.7 Å². The Bertz CT molecular complexity index is 671. The van der Waals surface area contributed by atoms with Crippen molar-refractivity contribution in [1.29, 1.82) is 0 Å². The SMILES string of the molecule is COc1cc(CNCc2ccc(C(=O)O)cc2)cc(Cl)c1O. The summed E-state index contributed by atoms with van der Waals surface area (Å²) in [7, 11) is 1.46. The molecule has 0 bridgehead atoms. The van der Waals surface area contributed by atoms with Crippen molar-refractivity contribution in [3.63, 3.8) is 0 Å². The van der Waals surface area contributed by atoms with Crippen LogP contribution in [0, 0.1) is 0 Å². The molecular formula is C16H16ClNO4. The number of halogens is 1. The smallest absolute Gasteiger partial charge is 0.335 e. The zero-order chi connectivity index (χ0) is 16.1. The van der Waals surface area contributed by atoms with E-state index < -0.39 is 5.97 Å². The number of methoxy groups -OCH3 is 1. The van der Waals surface area contributed by atoms with Gasteiger partial charge >= 0.3 is 5.97 Å². The fourth-order valence-corrected chi connectivity index (χ4v) is 2.23. The Labute approximate surface area is 133 Å². The molecule has 0 aliphatic heterocycles. The Morgan fingerprint density at radius 1 is 1.18 bits per heavy atom. The number of ether oxygens (including phenoxy) is 1. The number of aromatic carboxylic acids is 1. The van der Waals surface area contributed by atoms with Crippen LogP contribution in [0.3, 0.4) is 0 Å². The van der Waals surface area contributed by atoms with E-state index in [0.717, 1.165) is 11.1 Å². The average molecular weight is 322 g/mol. The van der Waals surface area contributed by atoms with Gasteiger partial charge in [-0.05, 0) is 35.4 Å². The molecule has 2 aromatic carbocycles. The number of nitrogens with one attached hydrogen (secondary N) is 1. The van der Waals surface area contributed by atoms with E-state index in [1.165, 1.54) is 7.11 Å². The van der Waals surface area contributed by atoms with Gasteiger partial charge in [-0.25, -0.2) is 4.79 Å². The highest BCUT2D eigenvalue weighted by Gasteiger charge is 2.08. The fourth-order valence-electron chi connectivity index (χ4n) is 2.00. The number of aromatic hydroxyl groups is 1. The van der Waals surface area contributed by atoms with E-state index in [0.29, 0.717) is 18.8 Å². The first kappa shape index (κ1) is 16.1. The molecule has 0 radical (unpaired) electrons. The second kappa shape index (κ2) is 7.15. The van der Waals surface area contributed by atoms with E-state index in [1.54, 1.807) is 36.4 Å². The van der Waals surface area contributed by atoms with Gasteiger partial charge in [0, 0.05) is 13.1 Å². The third-order valence-corrected chi connectivity index (χ3v) is 3.46. The van der Waals surface area contributed by atoms with E-state index in [2.05, 4.69) is 5.32 Å². The van der Waals surface area contributed by atoms with Crippen molar-refractivity contribution in [1.82, 2.24) is 5.32 Å². The third kappa shape index (κ3) is 3.90. The summed E-state index contributed by atoms with van der Waals surface area (Å²) in [5.41, 5.74) is 2.11. The summed E-state index contributed by atoms with van der Waals surface area (Å²) in [5, 5.41) is 22.0. The van der Waals surface area contributed by atoms with Gasteiger partial charge < -0.3 is 20.3 Å². The number of rotatable bonds is 6. The zero-order valence-electron chi connectivity index (χ0n) is 12.0. The van der Waals surface area contributed by atoms with E-state index >= 15 is 0 Å². The van der Waals surface area contributed by atoms with Crippen LogP contribution in [0.15, 0.2) is 36.4 Å². The normalized spacial score (nSPS) is 10.5. The molecular weight excluding hydrogens is 306 g/mol. The van der Waals surface area contributed by atoms with Gasteiger partial charge in [0.05, 0.1) is 17.7 Å². The van der Waals surface area contributed by atoms with Crippen molar-refractivity contribution in [3.8, 4) is 11.5 Å². The van der Waals surface area contributed by atoms with Crippen LogP contribution >= 0.6 is 11.6 Å². The highest BCUT2D eigenvalue weighted by Crippen LogP contribution is 2.34. The van der Waals surface area contributed by atoms with Crippen molar-refractivity contribution in [3.05, 3.63) is 58.1 Å². The standard InChI is InChI=1S/C16H16ClNO4/c1-22-14-7-11(6-13(17)15(14)19)9-18-8-10-2-4-12(5-3-10)16(20)21/h2-7,18-19H,8-9H2,1H3,(H,20,21). The number of hydrogen-bond donors (Lipinski definition) is 3. The lowest BCUT2D eigenvalue weighted by Crippen LogP contribution is -2.13. The number of benzene rings is 2. The van der Waals surface area contributed by atoms with Gasteiger partial charge in [0.2, 0.25) is 0 Å². The van der Waals surface area contributed by atoms with Crippen LogP contribution in [0.4, 0.5) is 0 Å². The third-order valence-electron chi connectivity index (χ3n) is 3.17. The van der Waals surface area contributed by atoms with Crippen molar-refractivity contribution in [2.75, 3.05) is 7.11 Å². The van der Waals surface area contributed by atoms with E-state index in [1.807, 2.05) is 0 Å². The first-order valence-corrected chi connectivity index (χ1v) is 6.97. The molecule has 0 unspecified atom stereocenters. The van der Waals surface area contributed by atoms with Crippen LogP contribution < -0.4 is 10.1 Å². The molecule has 0 aliphatic rings. The number of carboxylic acid groups (broad SMARTS) is 1. The number of phenols is 1. The molecule has 2 aromatic rings. The van der Waals surface area contributed by atoms with Crippen LogP contribution in [0.5, 0.6) is 11.5 Å². The number of carboxylic acids is 1. The number of carbonyl (C=O) groups is 1. The molecule has 6 heteroatoms. The van der Waals surface area contributed by atoms with E-state index in [9.17, 15) is 9.90 Å². The summed E-state index contributed by atoms with van der Waals surface area (Å²) in [4.78, 5) is 10.8. The first-order valence-electron chi connectivity index (χ1n) is 6.59. The lowest BCUT2D eigenvalue weighted by atomic mass is 10.1. The van der Waals surface area contributed by atoms with Crippen molar-refractivity contribution < 1.29 is 19.7 Å². The molecule has 0 aromatic heterocycles. The molecule has 0 saturated carbocycles. The molecule has 0 spiro atoms. The van der Waals surface area contributed by atoms with Crippen molar-refractivity contribution >= 4 is 17.6 Å². The monoisotopic (exact) mass is 321 g/mol. The van der Waals surface area contributed by atoms with Gasteiger partial charge in [0.25, 0.3) is 0 Å². The minimum Gasteiger partial charge on any atom is -0.503 e. The van der Waals surface area contributed by atoms with Gasteiger partial charge in [-0.15, -0.1) is 0 Å². The minimum atomic E-state index is -0.940. The van der Waals surface area contributed by atoms with Gasteiger partial charge in [-0.3, -0.25) is 0 Å². The molecule has 3 N–H and O–H groups in total. The number of phenolic OH excluding ortho intramolecular Hbond substituents is 1. The maximum absolute atomic E-state index is 10.8. The molecule has 0 saturated heterocycles. The average Bonchev–Trinajstić information content (AvgIpc) is 2.51. The summed E-state index contributed by atoms with van der Waals surface area (Å²) in [6.45, 7) is 1.12. The molecule has 0 atom stereocenters. The Morgan fingerprint density at radius 2 is 1.82 bits per heavy atom. The minimum absolute atomic E-state index is 0.0721. The van der Waals surface area contributed by atoms with Crippen molar-refractivity contribution in [2.45, 2.75) is 13.1 Å². The van der Waals surface area contributed by atoms with Crippen LogP contribution in [0.1, 0.15) is 21.5 Å². The van der Waals surface area contributed by atoms with E-state index in [-0.39, 0.29) is 16.3 Å². The Balaban J connectivity index is 1.96. The van der Waals surface area contributed by atoms with Crippen LogP contribution in [-0.4, -0.2) is 23.3 Å². The molecule has 2 rings (SSSR count). The lowest BCUT2D eigenvalue weighted by molar-refractivity contribution is 0.0697. The highest BCUT2D eigenvalue weighted by atomic mass is 35.5. The molecule has 0 aliphatic carbocycles. The summed E-state index contributed by atoms with van der Waals surface area (Å²) in [6.07, 6.45) is 0. The molecule has 22 heavy (non-hydrogen) atoms. The predicted octanol–water partition coefficient (Wildman–Crippen LogP) is 3.04. The molecule has 0 amide bonds. The Kier molecular flexibility index (Phi) is 5.25. The highest BCUT2D eigenvalue weighted by molar-refractivity contribution is 6.32. The quantitative estimate of drug-likeness (QED) is 0.762. The zero-order valence-corrected chi connectivity index (χ0v) is 12.7. The summed E-state index contributed by atoms with van der Waals surface area (Å²) >= 11 is 5.93. The lowest BCUT2D eigenvalue weighted by Gasteiger charge is -2.10. The fraction of sp³-hybridized carbons (Fsp3) is 0.188. The van der Waals surface area contributed by atoms with Crippen LogP contribution in [0.25, 0.3) is 0 Å². The van der Waals surface area contributed by atoms with Gasteiger partial charge in [0.1, 0.15) is 0 Å². The summed E-state index contributed by atoms with van der Waals surface area (Å²) in [6, 6.07) is 10.0. The largest absolute Gasteiger partial charge is 0.503 e. The first-order chi connectivity index (χ1) is 10.5. The Morgan fingerprint density at radius 3 is 2.41 bits per heavy atom. The Hall–Kier alpha value is -2.24. The topological polar surface area (TPSA) is 78.8 Å². The van der Waals surface area contributed by atoms with Crippen molar-refractivity contribution in [2.24, 2.45) is 0 Å². The van der Waals surface area contributed by atoms with Crippen LogP contribution in [0.2, 0.25) is 5.02 Å². The molecule has 0 heterocycles. The maximum Gasteiger partial charge on any atom is 0.335 e. The molecule has 116 valence electrons. The number of hydrogen-bond acceptors (Lipinski definition) is 4. The van der Waals surface area contributed by atoms with Gasteiger partial charge in [-0.2, -0.15) is 0 Å². The summed E-state index contributed by atoms with van der Waals surface area (Å²) in [5.74, 6) is -0.683. The molecule has 5 nitrogen and oxygen atoms in total. The van der Waals surface area contributed by atoms with E-state index in [4.69, 9.17) is 21.4 Å². The molecule has 0 fully saturated rings. The second-order valence-electron chi connectivity index (χ2n) is 4.73. The predicted molar refractivity (Wildman–Crippen MR) is 83.6 cm³/mol. The second-order valence-corrected chi connectivity index (χ2v) is 5.14. The maximum atomic E-state index is 10.8. The van der Waals surface area contributed by atoms with Crippen LogP contribution in [-0.2, 0) is 13.1 Å². The van der Waals surface area contributed by atoms with Gasteiger partial charge in [0.15, 0.2) is 11.5 Å². The summed E-state index contributed by atoms with van der Waals surface area (Å²) < 4.78 is 5.05.